The average molecular weight is 476 g/mol. The first-order valence-corrected chi connectivity index (χ1v) is 10.6. The van der Waals surface area contributed by atoms with Crippen LogP contribution in [0.4, 0.5) is 0 Å². The Morgan fingerprint density at radius 3 is 2.11 bits per heavy atom. The number of hydrogen-bond acceptors (Lipinski definition) is 8. The van der Waals surface area contributed by atoms with E-state index in [1.54, 1.807) is 62.6 Å². The minimum absolute atomic E-state index is 0.149. The van der Waals surface area contributed by atoms with Gasteiger partial charge in [-0.05, 0) is 54.5 Å². The first-order valence-electron chi connectivity index (χ1n) is 10.6. The number of carbonyl (C=O) groups excluding carboxylic acids is 2. The zero-order valence-corrected chi connectivity index (χ0v) is 20.0. The topological polar surface area (TPSA) is 89.5 Å². The van der Waals surface area contributed by atoms with Gasteiger partial charge in [0.25, 0.3) is 0 Å². The van der Waals surface area contributed by atoms with E-state index < -0.39 is 5.97 Å². The smallest absolute Gasteiger partial charge is 0.343 e. The van der Waals surface area contributed by atoms with Crippen LogP contribution in [-0.4, -0.2) is 40.2 Å². The van der Waals surface area contributed by atoms with Crippen LogP contribution in [0.1, 0.15) is 31.8 Å². The molecule has 0 aromatic heterocycles. The molecule has 0 fully saturated rings. The van der Waals surface area contributed by atoms with Crippen molar-refractivity contribution < 1.29 is 38.0 Å². The van der Waals surface area contributed by atoms with Crippen LogP contribution in [0.3, 0.4) is 0 Å². The zero-order valence-electron chi connectivity index (χ0n) is 20.0. The van der Waals surface area contributed by atoms with Gasteiger partial charge >= 0.3 is 5.97 Å². The highest BCUT2D eigenvalue weighted by atomic mass is 16.5. The second-order valence-corrected chi connectivity index (χ2v) is 7.66. The third-order valence-corrected chi connectivity index (χ3v) is 5.45. The van der Waals surface area contributed by atoms with Crippen molar-refractivity contribution in [1.82, 2.24) is 0 Å². The van der Waals surface area contributed by atoms with Crippen LogP contribution in [-0.2, 0) is 0 Å². The first-order chi connectivity index (χ1) is 16.9. The number of allylic oxidation sites excluding steroid dienone is 1. The molecule has 4 rings (SSSR count). The number of carbonyl (C=O) groups is 2. The van der Waals surface area contributed by atoms with Crippen LogP contribution in [0.5, 0.6) is 34.5 Å². The molecule has 0 atom stereocenters. The molecule has 0 unspecified atom stereocenters. The summed E-state index contributed by atoms with van der Waals surface area (Å²) in [5.41, 5.74) is 1.99. The van der Waals surface area contributed by atoms with Crippen LogP contribution in [0.2, 0.25) is 0 Å². The zero-order chi connectivity index (χ0) is 25.1. The molecule has 0 bridgehead atoms. The Balaban J connectivity index is 1.60. The molecule has 1 aliphatic rings. The SMILES string of the molecule is COc1cc(OC)cc(C(=O)Oc2cc(C)c3c(c2)O/C(=C\c2ccc(OC)c(OC)c2)C3=O)c1. The minimum atomic E-state index is -0.605. The van der Waals surface area contributed by atoms with Gasteiger partial charge in [0, 0.05) is 12.1 Å². The van der Waals surface area contributed by atoms with Gasteiger partial charge in [0.2, 0.25) is 5.78 Å². The highest BCUT2D eigenvalue weighted by Crippen LogP contribution is 2.38. The molecular formula is C27H24O8. The van der Waals surface area contributed by atoms with Crippen LogP contribution >= 0.6 is 0 Å². The maximum Gasteiger partial charge on any atom is 0.343 e. The normalized spacial score (nSPS) is 13.2. The van der Waals surface area contributed by atoms with Gasteiger partial charge in [-0.15, -0.1) is 0 Å². The lowest BCUT2D eigenvalue weighted by atomic mass is 10.0. The second-order valence-electron chi connectivity index (χ2n) is 7.66. The molecule has 3 aromatic rings. The van der Waals surface area contributed by atoms with Crippen molar-refractivity contribution in [2.45, 2.75) is 6.92 Å². The lowest BCUT2D eigenvalue weighted by Gasteiger charge is -2.10. The summed E-state index contributed by atoms with van der Waals surface area (Å²) in [6, 6.07) is 13.2. The summed E-state index contributed by atoms with van der Waals surface area (Å²) in [7, 11) is 6.08. The molecule has 0 aliphatic carbocycles. The summed E-state index contributed by atoms with van der Waals surface area (Å²) in [6.45, 7) is 1.76. The van der Waals surface area contributed by atoms with E-state index in [0.717, 1.165) is 0 Å². The van der Waals surface area contributed by atoms with Gasteiger partial charge in [-0.2, -0.15) is 0 Å². The molecule has 180 valence electrons. The Morgan fingerprint density at radius 1 is 0.800 bits per heavy atom. The summed E-state index contributed by atoms with van der Waals surface area (Å²) in [4.78, 5) is 25.8. The highest BCUT2D eigenvalue weighted by Gasteiger charge is 2.30. The lowest BCUT2D eigenvalue weighted by Crippen LogP contribution is -2.09. The predicted octanol–water partition coefficient (Wildman–Crippen LogP) is 4.86. The summed E-state index contributed by atoms with van der Waals surface area (Å²) in [5.74, 6) is 1.87. The predicted molar refractivity (Wildman–Crippen MR) is 128 cm³/mol. The third kappa shape index (κ3) is 4.77. The molecule has 3 aromatic carbocycles. The summed E-state index contributed by atoms with van der Waals surface area (Å²) < 4.78 is 32.4. The molecule has 35 heavy (non-hydrogen) atoms. The van der Waals surface area contributed by atoms with Gasteiger partial charge in [0.15, 0.2) is 17.3 Å². The van der Waals surface area contributed by atoms with Crippen molar-refractivity contribution in [2.24, 2.45) is 0 Å². The van der Waals surface area contributed by atoms with Crippen LogP contribution in [0, 0.1) is 6.92 Å². The quantitative estimate of drug-likeness (QED) is 0.271. The fourth-order valence-corrected chi connectivity index (χ4v) is 3.72. The van der Waals surface area contributed by atoms with E-state index in [2.05, 4.69) is 0 Å². The molecule has 0 radical (unpaired) electrons. The molecule has 0 spiro atoms. The standard InChI is InChI=1S/C27H24O8/c1-15-8-20(34-27(29)17-11-18(30-2)13-19(12-17)31-3)14-23-25(15)26(28)24(35-23)10-16-6-7-21(32-4)22(9-16)33-5/h6-14H,1-5H3/b24-10-. The van der Waals surface area contributed by atoms with E-state index in [1.807, 2.05) is 0 Å². The van der Waals surface area contributed by atoms with E-state index >= 15 is 0 Å². The molecule has 8 nitrogen and oxygen atoms in total. The van der Waals surface area contributed by atoms with E-state index in [9.17, 15) is 9.59 Å². The van der Waals surface area contributed by atoms with Crippen molar-refractivity contribution in [3.05, 3.63) is 76.5 Å². The summed E-state index contributed by atoms with van der Waals surface area (Å²) in [6.07, 6.45) is 1.62. The molecule has 8 heteroatoms. The number of fused-ring (bicyclic) bond motifs is 1. The Hall–Kier alpha value is -4.46. The fourth-order valence-electron chi connectivity index (χ4n) is 3.72. The Morgan fingerprint density at radius 2 is 1.49 bits per heavy atom. The van der Waals surface area contributed by atoms with Crippen molar-refractivity contribution in [3.8, 4) is 34.5 Å². The molecule has 0 N–H and O–H groups in total. The summed E-state index contributed by atoms with van der Waals surface area (Å²) >= 11 is 0. The number of methoxy groups -OCH3 is 4. The number of hydrogen-bond donors (Lipinski definition) is 0. The van der Waals surface area contributed by atoms with Crippen molar-refractivity contribution in [1.29, 1.82) is 0 Å². The molecule has 0 saturated heterocycles. The van der Waals surface area contributed by atoms with E-state index in [4.69, 9.17) is 28.4 Å². The van der Waals surface area contributed by atoms with E-state index in [0.29, 0.717) is 45.4 Å². The van der Waals surface area contributed by atoms with Crippen molar-refractivity contribution in [3.63, 3.8) is 0 Å². The maximum atomic E-state index is 13.0. The Bertz CT molecular complexity index is 1320. The molecule has 1 aliphatic heterocycles. The Kier molecular flexibility index (Phi) is 6.64. The van der Waals surface area contributed by atoms with E-state index in [-0.39, 0.29) is 22.9 Å². The Labute approximate surface area is 202 Å². The van der Waals surface area contributed by atoms with Gasteiger partial charge in [-0.25, -0.2) is 4.79 Å². The fraction of sp³-hybridized carbons (Fsp3) is 0.185. The minimum Gasteiger partial charge on any atom is -0.497 e. The van der Waals surface area contributed by atoms with Crippen LogP contribution < -0.4 is 28.4 Å². The molecule has 1 heterocycles. The molecular weight excluding hydrogens is 452 g/mol. The third-order valence-electron chi connectivity index (χ3n) is 5.45. The number of ketones is 1. The average Bonchev–Trinajstić information content (AvgIpc) is 3.18. The number of ether oxygens (including phenoxy) is 6. The first kappa shape index (κ1) is 23.7. The number of Topliss-reactive ketones (excluding diaryl/α,β-unsaturated/α-hetero) is 1. The molecule has 0 amide bonds. The van der Waals surface area contributed by atoms with Gasteiger partial charge in [-0.3, -0.25) is 4.79 Å². The largest absolute Gasteiger partial charge is 0.497 e. The highest BCUT2D eigenvalue weighted by molar-refractivity contribution is 6.15. The number of esters is 1. The monoisotopic (exact) mass is 476 g/mol. The van der Waals surface area contributed by atoms with Crippen molar-refractivity contribution in [2.75, 3.05) is 28.4 Å². The van der Waals surface area contributed by atoms with E-state index in [1.165, 1.54) is 27.4 Å². The molecule has 0 saturated carbocycles. The number of rotatable bonds is 7. The van der Waals surface area contributed by atoms with Crippen LogP contribution in [0.25, 0.3) is 6.08 Å². The summed E-state index contributed by atoms with van der Waals surface area (Å²) in [5, 5.41) is 0. The van der Waals surface area contributed by atoms with Gasteiger partial charge in [0.05, 0.1) is 39.6 Å². The maximum absolute atomic E-state index is 13.0. The van der Waals surface area contributed by atoms with Crippen molar-refractivity contribution >= 4 is 17.8 Å². The van der Waals surface area contributed by atoms with Crippen LogP contribution in [0.15, 0.2) is 54.3 Å². The lowest BCUT2D eigenvalue weighted by molar-refractivity contribution is 0.0733. The number of aryl methyl sites for hydroxylation is 1. The van der Waals surface area contributed by atoms with Gasteiger partial charge in [-0.1, -0.05) is 6.07 Å². The second kappa shape index (κ2) is 9.80. The number of benzene rings is 3. The van der Waals surface area contributed by atoms with Gasteiger partial charge in [0.1, 0.15) is 23.0 Å². The van der Waals surface area contributed by atoms with Gasteiger partial charge < -0.3 is 28.4 Å².